The molecule has 2 fully saturated rings. The van der Waals surface area contributed by atoms with Crippen LogP contribution in [0.2, 0.25) is 0 Å². The van der Waals surface area contributed by atoms with Crippen molar-refractivity contribution in [1.29, 1.82) is 0 Å². The van der Waals surface area contributed by atoms with Crippen molar-refractivity contribution in [3.05, 3.63) is 35.4 Å². The number of likely N-dealkylation sites (tertiary alicyclic amines) is 1. The highest BCUT2D eigenvalue weighted by Crippen LogP contribution is 2.37. The molecule has 124 valence electrons. The monoisotopic (exact) mass is 316 g/mol. The highest BCUT2D eigenvalue weighted by atomic mass is 16.5. The summed E-state index contributed by atoms with van der Waals surface area (Å²) in [6.07, 6.45) is 2.43. The largest absolute Gasteiger partial charge is 0.376 e. The molecule has 5 heteroatoms. The normalized spacial score (nSPS) is 27.5. The molecule has 23 heavy (non-hydrogen) atoms. The minimum absolute atomic E-state index is 0.0211. The lowest BCUT2D eigenvalue weighted by Gasteiger charge is -2.25. The van der Waals surface area contributed by atoms with E-state index in [4.69, 9.17) is 4.74 Å². The summed E-state index contributed by atoms with van der Waals surface area (Å²) in [6, 6.07) is 7.87. The maximum absolute atomic E-state index is 12.6. The Kier molecular flexibility index (Phi) is 4.66. The molecule has 2 aliphatic heterocycles. The average Bonchev–Trinajstić information content (AvgIpc) is 3.15. The molecule has 5 nitrogen and oxygen atoms in total. The van der Waals surface area contributed by atoms with Gasteiger partial charge in [0.05, 0.1) is 18.1 Å². The summed E-state index contributed by atoms with van der Waals surface area (Å²) < 4.78 is 5.54. The SMILES string of the molecule is Cc1ccc([C@@H]2[C@H](C(=O)NC[C@@H]3CCCO3)CC(=O)N2C)cc1. The van der Waals surface area contributed by atoms with E-state index in [9.17, 15) is 9.59 Å². The van der Waals surface area contributed by atoms with Gasteiger partial charge in [-0.05, 0) is 25.3 Å². The number of nitrogens with one attached hydrogen (secondary N) is 1. The zero-order chi connectivity index (χ0) is 16.4. The second kappa shape index (κ2) is 6.71. The van der Waals surface area contributed by atoms with Gasteiger partial charge in [-0.3, -0.25) is 9.59 Å². The Balaban J connectivity index is 1.71. The third-order valence-corrected chi connectivity index (χ3v) is 4.87. The lowest BCUT2D eigenvalue weighted by atomic mass is 9.92. The van der Waals surface area contributed by atoms with E-state index in [-0.39, 0.29) is 36.3 Å². The molecule has 0 aromatic heterocycles. The van der Waals surface area contributed by atoms with Crippen LogP contribution < -0.4 is 5.32 Å². The van der Waals surface area contributed by atoms with Gasteiger partial charge < -0.3 is 15.0 Å². The van der Waals surface area contributed by atoms with Crippen LogP contribution in [0, 0.1) is 12.8 Å². The topological polar surface area (TPSA) is 58.6 Å². The molecule has 3 atom stereocenters. The number of aryl methyl sites for hydroxylation is 1. The molecule has 2 saturated heterocycles. The van der Waals surface area contributed by atoms with E-state index in [1.807, 2.05) is 31.2 Å². The number of rotatable bonds is 4. The summed E-state index contributed by atoms with van der Waals surface area (Å²) in [7, 11) is 1.78. The molecule has 0 spiro atoms. The van der Waals surface area contributed by atoms with Gasteiger partial charge in [-0.15, -0.1) is 0 Å². The Morgan fingerprint density at radius 1 is 1.35 bits per heavy atom. The number of nitrogens with zero attached hydrogens (tertiary/aromatic N) is 1. The predicted octanol–water partition coefficient (Wildman–Crippen LogP) is 1.81. The fourth-order valence-corrected chi connectivity index (χ4v) is 3.48. The molecule has 3 rings (SSSR count). The molecule has 0 aliphatic carbocycles. The van der Waals surface area contributed by atoms with Crippen molar-refractivity contribution in [3.8, 4) is 0 Å². The molecule has 1 N–H and O–H groups in total. The van der Waals surface area contributed by atoms with Crippen molar-refractivity contribution in [2.24, 2.45) is 5.92 Å². The summed E-state index contributed by atoms with van der Waals surface area (Å²) in [5.41, 5.74) is 2.18. The zero-order valence-electron chi connectivity index (χ0n) is 13.7. The van der Waals surface area contributed by atoms with Gasteiger partial charge in [0.2, 0.25) is 11.8 Å². The summed E-state index contributed by atoms with van der Waals surface area (Å²) in [5, 5.41) is 2.98. The number of carbonyl (C=O) groups is 2. The summed E-state index contributed by atoms with van der Waals surface area (Å²) >= 11 is 0. The fourth-order valence-electron chi connectivity index (χ4n) is 3.48. The lowest BCUT2D eigenvalue weighted by Crippen LogP contribution is -2.38. The molecule has 2 amide bonds. The van der Waals surface area contributed by atoms with Gasteiger partial charge in [0.25, 0.3) is 0 Å². The minimum Gasteiger partial charge on any atom is -0.376 e. The summed E-state index contributed by atoms with van der Waals surface area (Å²) in [4.78, 5) is 26.4. The maximum Gasteiger partial charge on any atom is 0.226 e. The van der Waals surface area contributed by atoms with E-state index in [2.05, 4.69) is 5.32 Å². The van der Waals surface area contributed by atoms with Crippen LogP contribution in [0.1, 0.15) is 36.4 Å². The van der Waals surface area contributed by atoms with Crippen molar-refractivity contribution in [2.45, 2.75) is 38.3 Å². The predicted molar refractivity (Wildman–Crippen MR) is 86.8 cm³/mol. The zero-order valence-corrected chi connectivity index (χ0v) is 13.7. The Labute approximate surface area is 137 Å². The van der Waals surface area contributed by atoms with Gasteiger partial charge in [-0.1, -0.05) is 29.8 Å². The molecule has 0 radical (unpaired) electrons. The van der Waals surface area contributed by atoms with E-state index in [1.54, 1.807) is 11.9 Å². The van der Waals surface area contributed by atoms with Crippen molar-refractivity contribution in [1.82, 2.24) is 10.2 Å². The van der Waals surface area contributed by atoms with Crippen LogP contribution in [0.5, 0.6) is 0 Å². The third-order valence-electron chi connectivity index (χ3n) is 4.87. The first-order valence-corrected chi connectivity index (χ1v) is 8.28. The second-order valence-electron chi connectivity index (χ2n) is 6.55. The molecule has 0 unspecified atom stereocenters. The third kappa shape index (κ3) is 3.39. The molecule has 0 bridgehead atoms. The van der Waals surface area contributed by atoms with Crippen LogP contribution in [-0.4, -0.2) is 43.0 Å². The Morgan fingerprint density at radius 3 is 2.74 bits per heavy atom. The maximum atomic E-state index is 12.6. The van der Waals surface area contributed by atoms with Crippen LogP contribution in [0.3, 0.4) is 0 Å². The molecule has 2 heterocycles. The number of amides is 2. The van der Waals surface area contributed by atoms with Crippen molar-refractivity contribution in [2.75, 3.05) is 20.2 Å². The number of hydrogen-bond acceptors (Lipinski definition) is 3. The number of carbonyl (C=O) groups excluding carboxylic acids is 2. The molecule has 2 aliphatic rings. The van der Waals surface area contributed by atoms with E-state index in [0.29, 0.717) is 6.54 Å². The van der Waals surface area contributed by atoms with Crippen LogP contribution in [0.25, 0.3) is 0 Å². The van der Waals surface area contributed by atoms with Crippen LogP contribution in [0.4, 0.5) is 0 Å². The van der Waals surface area contributed by atoms with E-state index < -0.39 is 0 Å². The smallest absolute Gasteiger partial charge is 0.226 e. The van der Waals surface area contributed by atoms with Gasteiger partial charge in [0, 0.05) is 26.6 Å². The van der Waals surface area contributed by atoms with Gasteiger partial charge in [-0.2, -0.15) is 0 Å². The van der Waals surface area contributed by atoms with Gasteiger partial charge in [0.1, 0.15) is 0 Å². The molecular weight excluding hydrogens is 292 g/mol. The highest BCUT2D eigenvalue weighted by Gasteiger charge is 2.42. The minimum atomic E-state index is -0.336. The number of hydrogen-bond donors (Lipinski definition) is 1. The fraction of sp³-hybridized carbons (Fsp3) is 0.556. The quantitative estimate of drug-likeness (QED) is 0.921. The second-order valence-corrected chi connectivity index (χ2v) is 6.55. The van der Waals surface area contributed by atoms with Crippen LogP contribution in [-0.2, 0) is 14.3 Å². The standard InChI is InChI=1S/C18H24N2O3/c1-12-5-7-13(8-6-12)17-15(10-16(21)20(17)2)18(22)19-11-14-4-3-9-23-14/h5-8,14-15,17H,3-4,9-11H2,1-2H3,(H,19,22)/t14-,15+,17+/m0/s1. The highest BCUT2D eigenvalue weighted by molar-refractivity contribution is 5.90. The van der Waals surface area contributed by atoms with Crippen molar-refractivity contribution < 1.29 is 14.3 Å². The Morgan fingerprint density at radius 2 is 2.09 bits per heavy atom. The Hall–Kier alpha value is -1.88. The molecule has 0 saturated carbocycles. The summed E-state index contributed by atoms with van der Waals surface area (Å²) in [5.74, 6) is -0.367. The number of ether oxygens (including phenoxy) is 1. The summed E-state index contributed by atoms with van der Waals surface area (Å²) in [6.45, 7) is 3.34. The molecular formula is C18H24N2O3. The van der Waals surface area contributed by atoms with Crippen LogP contribution >= 0.6 is 0 Å². The molecule has 1 aromatic rings. The van der Waals surface area contributed by atoms with E-state index in [1.165, 1.54) is 5.56 Å². The lowest BCUT2D eigenvalue weighted by molar-refractivity contribution is -0.128. The van der Waals surface area contributed by atoms with Gasteiger partial charge in [-0.25, -0.2) is 0 Å². The van der Waals surface area contributed by atoms with E-state index >= 15 is 0 Å². The van der Waals surface area contributed by atoms with Crippen LogP contribution in [0.15, 0.2) is 24.3 Å². The van der Waals surface area contributed by atoms with Crippen molar-refractivity contribution in [3.63, 3.8) is 0 Å². The van der Waals surface area contributed by atoms with Gasteiger partial charge in [0.15, 0.2) is 0 Å². The van der Waals surface area contributed by atoms with Gasteiger partial charge >= 0.3 is 0 Å². The molecule has 1 aromatic carbocycles. The Bertz CT molecular complexity index is 578. The first kappa shape index (κ1) is 16.0. The number of benzene rings is 1. The van der Waals surface area contributed by atoms with Crippen molar-refractivity contribution >= 4 is 11.8 Å². The average molecular weight is 316 g/mol. The first-order valence-electron chi connectivity index (χ1n) is 8.28. The first-order chi connectivity index (χ1) is 11.1. The van der Waals surface area contributed by atoms with E-state index in [0.717, 1.165) is 25.0 Å².